The van der Waals surface area contributed by atoms with Gasteiger partial charge in [-0.2, -0.15) is 0 Å². The fourth-order valence-electron chi connectivity index (χ4n) is 3.40. The van der Waals surface area contributed by atoms with Gasteiger partial charge in [-0.05, 0) is 43.3 Å². The Morgan fingerprint density at radius 2 is 1.81 bits per heavy atom. The van der Waals surface area contributed by atoms with Gasteiger partial charge < -0.3 is 25.4 Å². The van der Waals surface area contributed by atoms with Crippen molar-refractivity contribution in [3.8, 4) is 5.75 Å². The van der Waals surface area contributed by atoms with Gasteiger partial charge in [0, 0.05) is 11.3 Å². The number of rotatable bonds is 7. The molecule has 0 saturated carbocycles. The minimum absolute atomic E-state index is 0.270. The lowest BCUT2D eigenvalue weighted by Gasteiger charge is -2.31. The molecule has 0 spiro atoms. The SMILES string of the molecule is COC(=O)c1ccccc1NC(=O)C1=C(C)NC(=S)N[C@H]1c1ccccc1OCC(C)C. The largest absolute Gasteiger partial charge is 0.493 e. The average molecular weight is 454 g/mol. The van der Waals surface area contributed by atoms with E-state index in [0.717, 1.165) is 5.56 Å². The first kappa shape index (κ1) is 23.3. The van der Waals surface area contributed by atoms with E-state index in [-0.39, 0.29) is 11.5 Å². The second-order valence-electron chi connectivity index (χ2n) is 7.80. The highest BCUT2D eigenvalue weighted by Crippen LogP contribution is 2.34. The van der Waals surface area contributed by atoms with Crippen LogP contribution in [0.3, 0.4) is 0 Å². The number of ether oxygens (including phenoxy) is 2. The molecular formula is C24H27N3O4S. The fourth-order valence-corrected chi connectivity index (χ4v) is 3.68. The van der Waals surface area contributed by atoms with Crippen molar-refractivity contribution in [1.82, 2.24) is 10.6 Å². The molecule has 2 aromatic carbocycles. The maximum atomic E-state index is 13.4. The highest BCUT2D eigenvalue weighted by Gasteiger charge is 2.32. The summed E-state index contributed by atoms with van der Waals surface area (Å²) in [5, 5.41) is 9.47. The highest BCUT2D eigenvalue weighted by atomic mass is 32.1. The number of carbonyl (C=O) groups excluding carboxylic acids is 2. The third-order valence-electron chi connectivity index (χ3n) is 4.90. The number of benzene rings is 2. The molecule has 0 radical (unpaired) electrons. The van der Waals surface area contributed by atoms with E-state index in [9.17, 15) is 9.59 Å². The zero-order valence-electron chi connectivity index (χ0n) is 18.5. The minimum atomic E-state index is -0.531. The van der Waals surface area contributed by atoms with Crippen LogP contribution in [-0.2, 0) is 9.53 Å². The van der Waals surface area contributed by atoms with Gasteiger partial charge in [0.05, 0.1) is 36.6 Å². The summed E-state index contributed by atoms with van der Waals surface area (Å²) in [4.78, 5) is 25.5. The van der Waals surface area contributed by atoms with Crippen LogP contribution < -0.4 is 20.7 Å². The summed E-state index contributed by atoms with van der Waals surface area (Å²) in [7, 11) is 1.30. The molecule has 0 aliphatic carbocycles. The van der Waals surface area contributed by atoms with E-state index in [2.05, 4.69) is 29.8 Å². The molecule has 2 aromatic rings. The molecule has 1 aliphatic heterocycles. The van der Waals surface area contributed by atoms with Gasteiger partial charge in [0.25, 0.3) is 5.91 Å². The number of amides is 1. The maximum Gasteiger partial charge on any atom is 0.339 e. The molecule has 0 fully saturated rings. The molecule has 3 N–H and O–H groups in total. The Bertz CT molecular complexity index is 1060. The van der Waals surface area contributed by atoms with Gasteiger partial charge >= 0.3 is 5.97 Å². The molecular weight excluding hydrogens is 426 g/mol. The van der Waals surface area contributed by atoms with Crippen molar-refractivity contribution in [3.63, 3.8) is 0 Å². The van der Waals surface area contributed by atoms with Crippen molar-refractivity contribution in [2.75, 3.05) is 19.0 Å². The standard InChI is InChI=1S/C24H27N3O4S/c1-14(2)13-31-19-12-8-6-10-17(19)21-20(15(3)25-24(32)27-21)22(28)26-18-11-7-5-9-16(18)23(29)30-4/h5-12,14,21H,13H2,1-4H3,(H,26,28)(H2,25,27,32)/t21-/m0/s1. The molecule has 1 aliphatic rings. The fraction of sp³-hybridized carbons (Fsp3) is 0.292. The molecule has 7 nitrogen and oxygen atoms in total. The number of methoxy groups -OCH3 is 1. The Kier molecular flexibility index (Phi) is 7.48. The van der Waals surface area contributed by atoms with Crippen molar-refractivity contribution >= 4 is 34.9 Å². The van der Waals surface area contributed by atoms with E-state index in [1.54, 1.807) is 31.2 Å². The van der Waals surface area contributed by atoms with E-state index < -0.39 is 12.0 Å². The number of hydrogen-bond acceptors (Lipinski definition) is 5. The Morgan fingerprint density at radius 3 is 2.53 bits per heavy atom. The molecule has 168 valence electrons. The summed E-state index contributed by atoms with van der Waals surface area (Å²) < 4.78 is 10.8. The van der Waals surface area contributed by atoms with Crippen molar-refractivity contribution in [2.45, 2.75) is 26.8 Å². The minimum Gasteiger partial charge on any atom is -0.493 e. The maximum absolute atomic E-state index is 13.4. The molecule has 1 atom stereocenters. The second-order valence-corrected chi connectivity index (χ2v) is 8.21. The van der Waals surface area contributed by atoms with Gasteiger partial charge in [0.2, 0.25) is 0 Å². The molecule has 8 heteroatoms. The van der Waals surface area contributed by atoms with E-state index in [0.29, 0.717) is 40.3 Å². The summed E-state index contributed by atoms with van der Waals surface area (Å²) in [5.74, 6) is 0.123. The third kappa shape index (κ3) is 5.26. The predicted octanol–water partition coefficient (Wildman–Crippen LogP) is 3.94. The van der Waals surface area contributed by atoms with Gasteiger partial charge in [0.1, 0.15) is 5.75 Å². The average Bonchev–Trinajstić information content (AvgIpc) is 2.77. The van der Waals surface area contributed by atoms with Gasteiger partial charge in [-0.3, -0.25) is 4.79 Å². The first-order valence-electron chi connectivity index (χ1n) is 10.3. The number of hydrogen-bond donors (Lipinski definition) is 3. The summed E-state index contributed by atoms with van der Waals surface area (Å²) in [6, 6.07) is 13.7. The zero-order chi connectivity index (χ0) is 23.3. The number of allylic oxidation sites excluding steroid dienone is 1. The lowest BCUT2D eigenvalue weighted by molar-refractivity contribution is -0.113. The summed E-state index contributed by atoms with van der Waals surface area (Å²) in [6.45, 7) is 6.48. The van der Waals surface area contributed by atoms with Crippen molar-refractivity contribution < 1.29 is 19.1 Å². The van der Waals surface area contributed by atoms with Gasteiger partial charge in [-0.25, -0.2) is 4.79 Å². The molecule has 1 heterocycles. The lowest BCUT2D eigenvalue weighted by Crippen LogP contribution is -2.46. The number of carbonyl (C=O) groups is 2. The molecule has 0 bridgehead atoms. The van der Waals surface area contributed by atoms with Crippen LogP contribution in [-0.4, -0.2) is 30.7 Å². The van der Waals surface area contributed by atoms with Gasteiger partial charge in [-0.15, -0.1) is 0 Å². The quantitative estimate of drug-likeness (QED) is 0.432. The van der Waals surface area contributed by atoms with Crippen LogP contribution in [0.1, 0.15) is 42.7 Å². The number of esters is 1. The second kappa shape index (κ2) is 10.3. The summed E-state index contributed by atoms with van der Waals surface area (Å²) in [5.41, 5.74) is 2.49. The molecule has 1 amide bonds. The third-order valence-corrected chi connectivity index (χ3v) is 5.12. The number of anilines is 1. The Balaban J connectivity index is 1.98. The van der Waals surface area contributed by atoms with Gasteiger partial charge in [0.15, 0.2) is 5.11 Å². The van der Waals surface area contributed by atoms with E-state index in [4.69, 9.17) is 21.7 Å². The van der Waals surface area contributed by atoms with Crippen molar-refractivity contribution in [2.24, 2.45) is 5.92 Å². The van der Waals surface area contributed by atoms with Crippen LogP contribution in [0.5, 0.6) is 5.75 Å². The Hall–Kier alpha value is -3.39. The predicted molar refractivity (Wildman–Crippen MR) is 127 cm³/mol. The van der Waals surface area contributed by atoms with Crippen molar-refractivity contribution in [1.29, 1.82) is 0 Å². The van der Waals surface area contributed by atoms with Crippen LogP contribution >= 0.6 is 12.2 Å². The topological polar surface area (TPSA) is 88.7 Å². The Labute approximate surface area is 193 Å². The summed E-state index contributed by atoms with van der Waals surface area (Å²) >= 11 is 5.36. The van der Waals surface area contributed by atoms with Crippen LogP contribution in [0.15, 0.2) is 59.8 Å². The summed E-state index contributed by atoms with van der Waals surface area (Å²) in [6.07, 6.45) is 0. The number of thiocarbonyl (C=S) groups is 1. The smallest absolute Gasteiger partial charge is 0.339 e. The van der Waals surface area contributed by atoms with Crippen LogP contribution in [0.2, 0.25) is 0 Å². The highest BCUT2D eigenvalue weighted by molar-refractivity contribution is 7.80. The van der Waals surface area contributed by atoms with Crippen LogP contribution in [0, 0.1) is 5.92 Å². The van der Waals surface area contributed by atoms with E-state index >= 15 is 0 Å². The normalized spacial score (nSPS) is 15.7. The first-order valence-corrected chi connectivity index (χ1v) is 10.7. The van der Waals surface area contributed by atoms with E-state index in [1.807, 2.05) is 24.3 Å². The molecule has 0 saturated heterocycles. The van der Waals surface area contributed by atoms with Crippen LogP contribution in [0.25, 0.3) is 0 Å². The zero-order valence-corrected chi connectivity index (χ0v) is 19.3. The first-order chi connectivity index (χ1) is 15.3. The van der Waals surface area contributed by atoms with Crippen LogP contribution in [0.4, 0.5) is 5.69 Å². The van der Waals surface area contributed by atoms with Crippen molar-refractivity contribution in [3.05, 3.63) is 70.9 Å². The number of nitrogens with one attached hydrogen (secondary N) is 3. The molecule has 0 aromatic heterocycles. The molecule has 0 unspecified atom stereocenters. The van der Waals surface area contributed by atoms with Gasteiger partial charge in [-0.1, -0.05) is 44.2 Å². The molecule has 32 heavy (non-hydrogen) atoms. The monoisotopic (exact) mass is 453 g/mol. The number of para-hydroxylation sites is 2. The Morgan fingerprint density at radius 1 is 1.12 bits per heavy atom. The van der Waals surface area contributed by atoms with E-state index in [1.165, 1.54) is 7.11 Å². The lowest BCUT2D eigenvalue weighted by atomic mass is 9.94. The molecule has 3 rings (SSSR count).